The molecule has 0 aromatic heterocycles. The maximum Gasteiger partial charge on any atom is 0.317 e. The minimum absolute atomic E-state index is 0.0411. The molecule has 2 N–H and O–H groups in total. The van der Waals surface area contributed by atoms with Gasteiger partial charge in [-0.25, -0.2) is 4.79 Å². The summed E-state index contributed by atoms with van der Waals surface area (Å²) in [4.78, 5) is 16.5. The van der Waals surface area contributed by atoms with Crippen LogP contribution in [0.5, 0.6) is 0 Å². The van der Waals surface area contributed by atoms with Gasteiger partial charge in [0.1, 0.15) is 0 Å². The SMILES string of the molecule is CC(C)(CO)CCCNC(=O)N1CCN(C2CC2)CC1. The van der Waals surface area contributed by atoms with Gasteiger partial charge in [-0.1, -0.05) is 13.8 Å². The molecule has 5 nitrogen and oxygen atoms in total. The molecule has 1 saturated carbocycles. The number of nitrogens with zero attached hydrogens (tertiary/aromatic N) is 2. The first-order valence-electron chi connectivity index (χ1n) is 7.89. The number of aliphatic hydroxyl groups is 1. The van der Waals surface area contributed by atoms with Gasteiger partial charge in [-0.3, -0.25) is 4.90 Å². The van der Waals surface area contributed by atoms with Crippen molar-refractivity contribution < 1.29 is 9.90 Å². The molecule has 1 saturated heterocycles. The fraction of sp³-hybridized carbons (Fsp3) is 0.933. The van der Waals surface area contributed by atoms with Gasteiger partial charge >= 0.3 is 6.03 Å². The standard InChI is InChI=1S/C15H29N3O2/c1-15(2,12-19)6-3-7-16-14(20)18-10-8-17(9-11-18)13-4-5-13/h13,19H,3-12H2,1-2H3,(H,16,20). The summed E-state index contributed by atoms with van der Waals surface area (Å²) < 4.78 is 0. The Morgan fingerprint density at radius 1 is 1.25 bits per heavy atom. The Kier molecular flexibility index (Phi) is 5.27. The van der Waals surface area contributed by atoms with Crippen molar-refractivity contribution in [1.82, 2.24) is 15.1 Å². The van der Waals surface area contributed by atoms with Crippen LogP contribution in [-0.2, 0) is 0 Å². The van der Waals surface area contributed by atoms with Gasteiger partial charge in [0.25, 0.3) is 0 Å². The minimum Gasteiger partial charge on any atom is -0.396 e. The molecule has 5 heteroatoms. The summed E-state index contributed by atoms with van der Waals surface area (Å²) in [6.45, 7) is 8.74. The van der Waals surface area contributed by atoms with Gasteiger partial charge in [-0.2, -0.15) is 0 Å². The normalized spacial score (nSPS) is 21.1. The second-order valence-corrected chi connectivity index (χ2v) is 6.91. The van der Waals surface area contributed by atoms with E-state index in [1.165, 1.54) is 12.8 Å². The molecule has 116 valence electrons. The second-order valence-electron chi connectivity index (χ2n) is 6.91. The number of amides is 2. The summed E-state index contributed by atoms with van der Waals surface area (Å²) in [7, 11) is 0. The number of rotatable bonds is 6. The fourth-order valence-electron chi connectivity index (χ4n) is 2.68. The van der Waals surface area contributed by atoms with E-state index < -0.39 is 0 Å². The molecule has 20 heavy (non-hydrogen) atoms. The highest BCUT2D eigenvalue weighted by molar-refractivity contribution is 5.74. The Morgan fingerprint density at radius 3 is 2.45 bits per heavy atom. The molecule has 0 aromatic carbocycles. The van der Waals surface area contributed by atoms with Crippen molar-refractivity contribution in [3.05, 3.63) is 0 Å². The lowest BCUT2D eigenvalue weighted by atomic mass is 9.89. The molecular formula is C15H29N3O2. The lowest BCUT2D eigenvalue weighted by Crippen LogP contribution is -2.52. The van der Waals surface area contributed by atoms with E-state index in [1.807, 2.05) is 18.7 Å². The molecule has 1 aliphatic heterocycles. The molecule has 0 spiro atoms. The van der Waals surface area contributed by atoms with Crippen molar-refractivity contribution in [3.63, 3.8) is 0 Å². The predicted octanol–water partition coefficient (Wildman–Crippen LogP) is 1.27. The maximum atomic E-state index is 12.0. The van der Waals surface area contributed by atoms with Gasteiger partial charge in [0, 0.05) is 45.4 Å². The lowest BCUT2D eigenvalue weighted by molar-refractivity contribution is 0.132. The number of nitrogens with one attached hydrogen (secondary N) is 1. The summed E-state index contributed by atoms with van der Waals surface area (Å²) in [6, 6.07) is 0.878. The van der Waals surface area contributed by atoms with Crippen LogP contribution in [0.3, 0.4) is 0 Å². The number of piperazine rings is 1. The van der Waals surface area contributed by atoms with Gasteiger partial charge in [0.15, 0.2) is 0 Å². The van der Waals surface area contributed by atoms with E-state index in [-0.39, 0.29) is 18.1 Å². The highest BCUT2D eigenvalue weighted by Gasteiger charge is 2.32. The van der Waals surface area contributed by atoms with Gasteiger partial charge in [0.2, 0.25) is 0 Å². The topological polar surface area (TPSA) is 55.8 Å². The van der Waals surface area contributed by atoms with Crippen molar-refractivity contribution in [2.45, 2.75) is 45.6 Å². The maximum absolute atomic E-state index is 12.0. The predicted molar refractivity (Wildman–Crippen MR) is 79.7 cm³/mol. The summed E-state index contributed by atoms with van der Waals surface area (Å²) in [5.74, 6) is 0. The first-order chi connectivity index (χ1) is 9.52. The van der Waals surface area contributed by atoms with Crippen molar-refractivity contribution in [3.8, 4) is 0 Å². The van der Waals surface area contributed by atoms with Crippen LogP contribution in [0.25, 0.3) is 0 Å². The van der Waals surface area contributed by atoms with Crippen LogP contribution in [0.15, 0.2) is 0 Å². The molecule has 2 amide bonds. The smallest absolute Gasteiger partial charge is 0.317 e. The minimum atomic E-state index is -0.0411. The number of carbonyl (C=O) groups is 1. The summed E-state index contributed by atoms with van der Waals surface area (Å²) in [5, 5.41) is 12.2. The first kappa shape index (κ1) is 15.6. The van der Waals surface area contributed by atoms with Crippen molar-refractivity contribution in [1.29, 1.82) is 0 Å². The fourth-order valence-corrected chi connectivity index (χ4v) is 2.68. The van der Waals surface area contributed by atoms with E-state index in [9.17, 15) is 9.90 Å². The van der Waals surface area contributed by atoms with Crippen LogP contribution in [0.1, 0.15) is 39.5 Å². The molecule has 0 atom stereocenters. The zero-order valence-electron chi connectivity index (χ0n) is 12.9. The highest BCUT2D eigenvalue weighted by atomic mass is 16.3. The van der Waals surface area contributed by atoms with Gasteiger partial charge in [-0.15, -0.1) is 0 Å². The van der Waals surface area contributed by atoms with E-state index >= 15 is 0 Å². The number of urea groups is 1. The number of aliphatic hydroxyl groups excluding tert-OH is 1. The molecule has 0 unspecified atom stereocenters. The number of hydrogen-bond acceptors (Lipinski definition) is 3. The number of carbonyl (C=O) groups excluding carboxylic acids is 1. The van der Waals surface area contributed by atoms with Crippen molar-refractivity contribution in [2.24, 2.45) is 5.41 Å². The Bertz CT molecular complexity index is 321. The molecule has 2 rings (SSSR count). The molecule has 1 aliphatic carbocycles. The average molecular weight is 283 g/mol. The third kappa shape index (κ3) is 4.63. The Morgan fingerprint density at radius 2 is 1.90 bits per heavy atom. The van der Waals surface area contributed by atoms with Crippen LogP contribution in [0, 0.1) is 5.41 Å². The van der Waals surface area contributed by atoms with E-state index in [4.69, 9.17) is 0 Å². The second kappa shape index (κ2) is 6.76. The van der Waals surface area contributed by atoms with E-state index in [2.05, 4.69) is 10.2 Å². The molecule has 0 aromatic rings. The molecule has 2 aliphatic rings. The first-order valence-corrected chi connectivity index (χ1v) is 7.89. The Balaban J connectivity index is 1.58. The quantitative estimate of drug-likeness (QED) is 0.722. The molecule has 0 bridgehead atoms. The highest BCUT2D eigenvalue weighted by Crippen LogP contribution is 2.27. The molecule has 1 heterocycles. The summed E-state index contributed by atoms with van der Waals surface area (Å²) in [5.41, 5.74) is -0.0411. The van der Waals surface area contributed by atoms with Crippen LogP contribution in [0.2, 0.25) is 0 Å². The van der Waals surface area contributed by atoms with Gasteiger partial charge in [0.05, 0.1) is 0 Å². The third-order valence-electron chi connectivity index (χ3n) is 4.40. The van der Waals surface area contributed by atoms with Crippen molar-refractivity contribution in [2.75, 3.05) is 39.3 Å². The molecular weight excluding hydrogens is 254 g/mol. The van der Waals surface area contributed by atoms with Crippen LogP contribution < -0.4 is 5.32 Å². The zero-order valence-corrected chi connectivity index (χ0v) is 12.9. The van der Waals surface area contributed by atoms with E-state index in [0.717, 1.165) is 45.1 Å². The molecule has 2 fully saturated rings. The molecule has 0 radical (unpaired) electrons. The summed E-state index contributed by atoms with van der Waals surface area (Å²) >= 11 is 0. The Labute approximate surface area is 122 Å². The number of hydrogen-bond donors (Lipinski definition) is 2. The van der Waals surface area contributed by atoms with Crippen LogP contribution in [-0.4, -0.2) is 66.3 Å². The van der Waals surface area contributed by atoms with Crippen LogP contribution in [0.4, 0.5) is 4.79 Å². The van der Waals surface area contributed by atoms with Gasteiger partial charge in [-0.05, 0) is 31.1 Å². The monoisotopic (exact) mass is 283 g/mol. The van der Waals surface area contributed by atoms with E-state index in [1.54, 1.807) is 0 Å². The van der Waals surface area contributed by atoms with Gasteiger partial charge < -0.3 is 15.3 Å². The average Bonchev–Trinajstić information content (AvgIpc) is 3.28. The summed E-state index contributed by atoms with van der Waals surface area (Å²) in [6.07, 6.45) is 4.53. The van der Waals surface area contributed by atoms with Crippen LogP contribution >= 0.6 is 0 Å². The Hall–Kier alpha value is -0.810. The largest absolute Gasteiger partial charge is 0.396 e. The third-order valence-corrected chi connectivity index (χ3v) is 4.40. The van der Waals surface area contributed by atoms with E-state index in [0.29, 0.717) is 6.54 Å². The van der Waals surface area contributed by atoms with Crippen molar-refractivity contribution >= 4 is 6.03 Å². The zero-order chi connectivity index (χ0) is 14.6. The lowest BCUT2D eigenvalue weighted by Gasteiger charge is -2.34.